The van der Waals surface area contributed by atoms with Crippen LogP contribution in [0.5, 0.6) is 0 Å². The quantitative estimate of drug-likeness (QED) is 0.657. The highest BCUT2D eigenvalue weighted by Crippen LogP contribution is 2.34. The number of hydrogen-bond donors (Lipinski definition) is 3. The van der Waals surface area contributed by atoms with Gasteiger partial charge in [-0.25, -0.2) is 15.0 Å². The van der Waals surface area contributed by atoms with Crippen LogP contribution in [0.4, 0.5) is 5.82 Å². The van der Waals surface area contributed by atoms with Gasteiger partial charge in [-0.05, 0) is 0 Å². The Bertz CT molecular complexity index is 595. The fraction of sp³-hybridized carbons (Fsp3) is 0.545. The van der Waals surface area contributed by atoms with Crippen molar-refractivity contribution in [2.45, 2.75) is 18.1 Å². The van der Waals surface area contributed by atoms with E-state index in [0.717, 1.165) is 0 Å². The number of aliphatic hydroxyl groups is 2. The van der Waals surface area contributed by atoms with Crippen LogP contribution in [0.2, 0.25) is 0 Å². The molecule has 0 saturated carbocycles. The Morgan fingerprint density at radius 2 is 2.16 bits per heavy atom. The van der Waals surface area contributed by atoms with Crippen LogP contribution in [-0.2, 0) is 4.74 Å². The summed E-state index contributed by atoms with van der Waals surface area (Å²) in [5.74, 6) is 0.332. The molecule has 1 fully saturated rings. The average molecular weight is 265 g/mol. The lowest BCUT2D eigenvalue weighted by Crippen LogP contribution is -2.36. The van der Waals surface area contributed by atoms with Crippen LogP contribution in [0, 0.1) is 0 Å². The minimum Gasteiger partial charge on any atom is -0.393 e. The summed E-state index contributed by atoms with van der Waals surface area (Å²) in [6, 6.07) is -0.0430. The zero-order chi connectivity index (χ0) is 13.5. The molecule has 1 atom stereocenters. The number of ether oxygens (including phenoxy) is 1. The first kappa shape index (κ1) is 12.3. The molecular formula is C11H15N5O3. The Morgan fingerprint density at radius 1 is 1.37 bits per heavy atom. The Morgan fingerprint density at radius 3 is 2.84 bits per heavy atom. The molecular weight excluding hydrogens is 250 g/mol. The van der Waals surface area contributed by atoms with E-state index in [0.29, 0.717) is 30.0 Å². The maximum absolute atomic E-state index is 9.33. The molecule has 3 rings (SSSR count). The van der Waals surface area contributed by atoms with Gasteiger partial charge in [0.1, 0.15) is 17.4 Å². The topological polar surface area (TPSA) is 119 Å². The molecule has 8 heteroatoms. The predicted molar refractivity (Wildman–Crippen MR) is 66.2 cm³/mol. The number of fused-ring (bicyclic) bond motifs is 1. The molecule has 0 bridgehead atoms. The third-order valence-corrected chi connectivity index (χ3v) is 3.55. The van der Waals surface area contributed by atoms with Gasteiger partial charge in [0.25, 0.3) is 0 Å². The lowest BCUT2D eigenvalue weighted by Gasteiger charge is -2.22. The first-order valence-corrected chi connectivity index (χ1v) is 5.98. The molecule has 0 spiro atoms. The Hall–Kier alpha value is -1.77. The smallest absolute Gasteiger partial charge is 0.165 e. The number of imidazole rings is 1. The second-order valence-electron chi connectivity index (χ2n) is 4.75. The number of nitrogens with zero attached hydrogens (tertiary/aromatic N) is 4. The van der Waals surface area contributed by atoms with Crippen molar-refractivity contribution in [1.82, 2.24) is 19.5 Å². The molecule has 19 heavy (non-hydrogen) atoms. The second kappa shape index (κ2) is 4.41. The summed E-state index contributed by atoms with van der Waals surface area (Å²) in [6.45, 7) is -0.0516. The lowest BCUT2D eigenvalue weighted by molar-refractivity contribution is -0.0719. The summed E-state index contributed by atoms with van der Waals surface area (Å²) in [6.07, 6.45) is 3.51. The molecule has 2 aromatic heterocycles. The van der Waals surface area contributed by atoms with Gasteiger partial charge in [0.15, 0.2) is 11.5 Å². The molecule has 0 aromatic carbocycles. The van der Waals surface area contributed by atoms with E-state index in [1.165, 1.54) is 6.33 Å². The van der Waals surface area contributed by atoms with Crippen molar-refractivity contribution < 1.29 is 14.9 Å². The predicted octanol–water partition coefficient (Wildman–Crippen LogP) is -0.907. The Kier molecular flexibility index (Phi) is 2.85. The molecule has 1 aliphatic rings. The van der Waals surface area contributed by atoms with E-state index < -0.39 is 5.60 Å². The van der Waals surface area contributed by atoms with Crippen LogP contribution in [0.1, 0.15) is 12.5 Å². The monoisotopic (exact) mass is 265 g/mol. The maximum Gasteiger partial charge on any atom is 0.165 e. The van der Waals surface area contributed by atoms with E-state index in [9.17, 15) is 10.2 Å². The van der Waals surface area contributed by atoms with Crippen molar-refractivity contribution in [3.05, 3.63) is 12.7 Å². The molecule has 1 saturated heterocycles. The van der Waals surface area contributed by atoms with Crippen LogP contribution in [0.3, 0.4) is 0 Å². The second-order valence-corrected chi connectivity index (χ2v) is 4.75. The molecule has 0 unspecified atom stereocenters. The van der Waals surface area contributed by atoms with E-state index >= 15 is 0 Å². The summed E-state index contributed by atoms with van der Waals surface area (Å²) >= 11 is 0. The van der Waals surface area contributed by atoms with Crippen molar-refractivity contribution >= 4 is 17.0 Å². The lowest BCUT2D eigenvalue weighted by atomic mass is 10.00. The number of aromatic nitrogens is 4. The summed E-state index contributed by atoms with van der Waals surface area (Å²) in [5.41, 5.74) is 6.03. The first-order chi connectivity index (χ1) is 9.19. The van der Waals surface area contributed by atoms with Crippen LogP contribution < -0.4 is 5.73 Å². The minimum atomic E-state index is -0.889. The van der Waals surface area contributed by atoms with Crippen molar-refractivity contribution in [2.75, 3.05) is 25.6 Å². The van der Waals surface area contributed by atoms with Gasteiger partial charge in [-0.2, -0.15) is 0 Å². The highest BCUT2D eigenvalue weighted by molar-refractivity contribution is 5.81. The third-order valence-electron chi connectivity index (χ3n) is 3.55. The van der Waals surface area contributed by atoms with Crippen molar-refractivity contribution in [3.8, 4) is 0 Å². The van der Waals surface area contributed by atoms with Crippen LogP contribution in [0.15, 0.2) is 12.7 Å². The molecule has 102 valence electrons. The van der Waals surface area contributed by atoms with Gasteiger partial charge in [0.05, 0.1) is 32.2 Å². The van der Waals surface area contributed by atoms with Crippen LogP contribution in [0.25, 0.3) is 11.2 Å². The molecule has 1 aliphatic heterocycles. The van der Waals surface area contributed by atoms with Gasteiger partial charge < -0.3 is 25.3 Å². The first-order valence-electron chi connectivity index (χ1n) is 5.98. The summed E-state index contributed by atoms with van der Waals surface area (Å²) in [5, 5.41) is 18.7. The Labute approximate surface area is 108 Å². The third kappa shape index (κ3) is 1.84. The van der Waals surface area contributed by atoms with Crippen molar-refractivity contribution in [2.24, 2.45) is 0 Å². The number of rotatable bonds is 3. The van der Waals surface area contributed by atoms with Gasteiger partial charge in [0.2, 0.25) is 0 Å². The molecule has 0 aliphatic carbocycles. The molecule has 3 heterocycles. The number of hydrogen-bond acceptors (Lipinski definition) is 7. The number of nitrogens with two attached hydrogens (primary N) is 1. The summed E-state index contributed by atoms with van der Waals surface area (Å²) in [4.78, 5) is 12.3. The van der Waals surface area contributed by atoms with Gasteiger partial charge in [-0.1, -0.05) is 0 Å². The zero-order valence-corrected chi connectivity index (χ0v) is 10.2. The number of nitrogen functional groups attached to an aromatic ring is 1. The standard InChI is InChI=1S/C11H15N5O3/c12-9-8-10(14-5-13-9)16(6-15-8)7-1-11(3-17,4-18)19-2-7/h5-7,17-18H,1-4H2,(H2,12,13,14)/t7-/m0/s1. The highest BCUT2D eigenvalue weighted by atomic mass is 16.5. The van der Waals surface area contributed by atoms with Gasteiger partial charge in [-0.15, -0.1) is 0 Å². The molecule has 2 aromatic rings. The van der Waals surface area contributed by atoms with Gasteiger partial charge in [0, 0.05) is 6.42 Å². The van der Waals surface area contributed by atoms with Crippen molar-refractivity contribution in [3.63, 3.8) is 0 Å². The Balaban J connectivity index is 1.96. The molecule has 0 amide bonds. The maximum atomic E-state index is 9.33. The number of anilines is 1. The highest BCUT2D eigenvalue weighted by Gasteiger charge is 2.40. The molecule has 8 nitrogen and oxygen atoms in total. The van der Waals surface area contributed by atoms with E-state index in [4.69, 9.17) is 10.5 Å². The van der Waals surface area contributed by atoms with E-state index in [1.807, 2.05) is 4.57 Å². The van der Waals surface area contributed by atoms with Crippen molar-refractivity contribution in [1.29, 1.82) is 0 Å². The molecule has 4 N–H and O–H groups in total. The summed E-state index contributed by atoms with van der Waals surface area (Å²) in [7, 11) is 0. The van der Waals surface area contributed by atoms with Gasteiger partial charge >= 0.3 is 0 Å². The fourth-order valence-corrected chi connectivity index (χ4v) is 2.41. The summed E-state index contributed by atoms with van der Waals surface area (Å²) < 4.78 is 7.38. The number of aliphatic hydroxyl groups excluding tert-OH is 2. The van der Waals surface area contributed by atoms with E-state index in [1.54, 1.807) is 6.33 Å². The van der Waals surface area contributed by atoms with Gasteiger partial charge in [-0.3, -0.25) is 0 Å². The molecule has 0 radical (unpaired) electrons. The minimum absolute atomic E-state index is 0.0430. The van der Waals surface area contributed by atoms with E-state index in [2.05, 4.69) is 15.0 Å². The largest absolute Gasteiger partial charge is 0.393 e. The van der Waals surface area contributed by atoms with Crippen LogP contribution >= 0.6 is 0 Å². The van der Waals surface area contributed by atoms with E-state index in [-0.39, 0.29) is 19.3 Å². The SMILES string of the molecule is Nc1ncnc2c1ncn2[C@@H]1COC(CO)(CO)C1. The normalized spacial score (nSPS) is 22.1. The zero-order valence-electron chi connectivity index (χ0n) is 10.2. The fourth-order valence-electron chi connectivity index (χ4n) is 2.41. The average Bonchev–Trinajstić information content (AvgIpc) is 3.03. The van der Waals surface area contributed by atoms with Crippen LogP contribution in [-0.4, -0.2) is 55.2 Å².